The van der Waals surface area contributed by atoms with E-state index < -0.39 is 36.1 Å². The molecular weight excluding hydrogens is 287 g/mol. The molecule has 2 rings (SSSR count). The number of hydrogen-bond acceptors (Lipinski definition) is 4. The van der Waals surface area contributed by atoms with Crippen molar-refractivity contribution in [3.05, 3.63) is 17.3 Å². The number of carbonyl (C=O) groups excluding carboxylic acids is 1. The maximum atomic E-state index is 13.6. The van der Waals surface area contributed by atoms with E-state index in [1.165, 1.54) is 6.92 Å². The Morgan fingerprint density at radius 2 is 2.26 bits per heavy atom. The van der Waals surface area contributed by atoms with Crippen molar-refractivity contribution in [3.63, 3.8) is 0 Å². The van der Waals surface area contributed by atoms with Crippen LogP contribution in [0.5, 0.6) is 0 Å². The second-order valence-corrected chi connectivity index (χ2v) is 4.36. The van der Waals surface area contributed by atoms with E-state index in [-0.39, 0.29) is 11.9 Å². The number of carbonyl (C=O) groups is 1. The lowest BCUT2D eigenvalue weighted by atomic mass is 10.0. The fourth-order valence-corrected chi connectivity index (χ4v) is 1.87. The molecule has 104 valence electrons. The Bertz CT molecular complexity index is 503. The van der Waals surface area contributed by atoms with Gasteiger partial charge in [-0.3, -0.25) is 4.90 Å². The second-order valence-electron chi connectivity index (χ2n) is 4.02. The lowest BCUT2D eigenvalue weighted by Crippen LogP contribution is -2.41. The molecule has 1 aliphatic heterocycles. The number of rotatable bonds is 3. The zero-order chi connectivity index (χ0) is 14.2. The van der Waals surface area contributed by atoms with Gasteiger partial charge in [0, 0.05) is 5.92 Å². The van der Waals surface area contributed by atoms with Crippen molar-refractivity contribution in [1.29, 1.82) is 0 Å². The van der Waals surface area contributed by atoms with Crippen LogP contribution in [0, 0.1) is 11.7 Å². The highest BCUT2D eigenvalue weighted by Crippen LogP contribution is 2.30. The summed E-state index contributed by atoms with van der Waals surface area (Å²) in [6, 6.07) is -1.01. The van der Waals surface area contributed by atoms with Gasteiger partial charge in [0.05, 0.1) is 12.2 Å². The van der Waals surface area contributed by atoms with E-state index in [0.29, 0.717) is 0 Å². The first kappa shape index (κ1) is 13.9. The van der Waals surface area contributed by atoms with Gasteiger partial charge in [-0.1, -0.05) is 6.92 Å². The fourth-order valence-electron chi connectivity index (χ4n) is 1.74. The smallest absolute Gasteiger partial charge is 0.416 e. The Hall–Kier alpha value is -1.57. The normalized spacial score (nSPS) is 20.8. The van der Waals surface area contributed by atoms with Crippen LogP contribution in [-0.2, 0) is 4.74 Å². The SMILES string of the molecule is CC(C(F)F)C1COC(=O)N1c1nc(Cl)ncc1F. The van der Waals surface area contributed by atoms with Crippen LogP contribution < -0.4 is 4.90 Å². The molecule has 1 saturated heterocycles. The lowest BCUT2D eigenvalue weighted by Gasteiger charge is -2.25. The molecule has 0 N–H and O–H groups in total. The Morgan fingerprint density at radius 1 is 1.58 bits per heavy atom. The van der Waals surface area contributed by atoms with Crippen molar-refractivity contribution in [1.82, 2.24) is 9.97 Å². The largest absolute Gasteiger partial charge is 0.447 e. The number of cyclic esters (lactones) is 1. The molecule has 5 nitrogen and oxygen atoms in total. The molecule has 1 fully saturated rings. The van der Waals surface area contributed by atoms with Gasteiger partial charge < -0.3 is 4.74 Å². The molecular formula is C10H9ClF3N3O2. The van der Waals surface area contributed by atoms with Crippen molar-refractivity contribution >= 4 is 23.5 Å². The molecule has 19 heavy (non-hydrogen) atoms. The van der Waals surface area contributed by atoms with Crippen LogP contribution in [0.15, 0.2) is 6.20 Å². The highest BCUT2D eigenvalue weighted by Gasteiger charge is 2.42. The third-order valence-corrected chi connectivity index (χ3v) is 3.02. The molecule has 0 aliphatic carbocycles. The summed E-state index contributed by atoms with van der Waals surface area (Å²) in [6.45, 7) is 0.983. The summed E-state index contributed by atoms with van der Waals surface area (Å²) in [5.41, 5.74) is 0. The summed E-state index contributed by atoms with van der Waals surface area (Å²) in [5, 5.41) is -0.292. The summed E-state index contributed by atoms with van der Waals surface area (Å²) in [7, 11) is 0. The van der Waals surface area contributed by atoms with Gasteiger partial charge in [0.1, 0.15) is 6.61 Å². The Balaban J connectivity index is 2.39. The van der Waals surface area contributed by atoms with E-state index in [2.05, 4.69) is 14.7 Å². The zero-order valence-corrected chi connectivity index (χ0v) is 10.4. The number of amides is 1. The monoisotopic (exact) mass is 295 g/mol. The number of nitrogens with zero attached hydrogens (tertiary/aromatic N) is 3. The average Bonchev–Trinajstić information content (AvgIpc) is 2.73. The number of hydrogen-bond donors (Lipinski definition) is 0. The summed E-state index contributed by atoms with van der Waals surface area (Å²) in [5.74, 6) is -2.59. The first-order valence-corrected chi connectivity index (χ1v) is 5.71. The molecule has 0 spiro atoms. The van der Waals surface area contributed by atoms with Crippen molar-refractivity contribution in [2.75, 3.05) is 11.5 Å². The molecule has 1 aromatic heterocycles. The second kappa shape index (κ2) is 5.20. The first-order valence-electron chi connectivity index (χ1n) is 5.34. The third-order valence-electron chi connectivity index (χ3n) is 2.83. The van der Waals surface area contributed by atoms with Gasteiger partial charge in [0.25, 0.3) is 0 Å². The molecule has 0 bridgehead atoms. The maximum Gasteiger partial charge on any atom is 0.416 e. The zero-order valence-electron chi connectivity index (χ0n) is 9.69. The Labute approximate surface area is 111 Å². The van der Waals surface area contributed by atoms with Crippen molar-refractivity contribution in [2.45, 2.75) is 19.4 Å². The quantitative estimate of drug-likeness (QED) is 0.804. The summed E-state index contributed by atoms with van der Waals surface area (Å²) >= 11 is 5.52. The van der Waals surface area contributed by atoms with E-state index >= 15 is 0 Å². The molecule has 1 aromatic rings. The van der Waals surface area contributed by atoms with Crippen LogP contribution in [0.25, 0.3) is 0 Å². The summed E-state index contributed by atoms with van der Waals surface area (Å²) < 4.78 is 43.8. The molecule has 2 heterocycles. The summed E-state index contributed by atoms with van der Waals surface area (Å²) in [4.78, 5) is 19.3. The number of ether oxygens (including phenoxy) is 1. The first-order chi connectivity index (χ1) is 8.91. The predicted molar refractivity (Wildman–Crippen MR) is 59.8 cm³/mol. The third kappa shape index (κ3) is 2.58. The topological polar surface area (TPSA) is 55.3 Å². The van der Waals surface area contributed by atoms with Crippen molar-refractivity contribution in [3.8, 4) is 0 Å². The van der Waals surface area contributed by atoms with E-state index in [0.717, 1.165) is 11.1 Å². The maximum absolute atomic E-state index is 13.6. The van der Waals surface area contributed by atoms with Crippen LogP contribution >= 0.6 is 11.6 Å². The minimum atomic E-state index is -2.68. The van der Waals surface area contributed by atoms with Gasteiger partial charge in [-0.25, -0.2) is 22.9 Å². The highest BCUT2D eigenvalue weighted by molar-refractivity contribution is 6.28. The Kier molecular flexibility index (Phi) is 3.79. The van der Waals surface area contributed by atoms with Gasteiger partial charge in [0.15, 0.2) is 11.6 Å². The summed E-state index contributed by atoms with van der Waals surface area (Å²) in [6.07, 6.45) is -2.85. The van der Waals surface area contributed by atoms with Crippen LogP contribution in [-0.4, -0.2) is 35.1 Å². The van der Waals surface area contributed by atoms with Crippen molar-refractivity contribution in [2.24, 2.45) is 5.92 Å². The fraction of sp³-hybridized carbons (Fsp3) is 0.500. The van der Waals surface area contributed by atoms with Crippen molar-refractivity contribution < 1.29 is 22.7 Å². The molecule has 9 heteroatoms. The highest BCUT2D eigenvalue weighted by atomic mass is 35.5. The predicted octanol–water partition coefficient (Wildman–Crippen LogP) is 2.50. The number of alkyl halides is 2. The van der Waals surface area contributed by atoms with Crippen LogP contribution in [0.4, 0.5) is 23.8 Å². The van der Waals surface area contributed by atoms with Gasteiger partial charge in [-0.2, -0.15) is 4.98 Å². The minimum Gasteiger partial charge on any atom is -0.447 e. The average molecular weight is 296 g/mol. The molecule has 0 saturated carbocycles. The molecule has 0 radical (unpaired) electrons. The minimum absolute atomic E-state index is 0.259. The van der Waals surface area contributed by atoms with Gasteiger partial charge in [0.2, 0.25) is 11.7 Å². The molecule has 2 atom stereocenters. The molecule has 0 aromatic carbocycles. The van der Waals surface area contributed by atoms with Gasteiger partial charge >= 0.3 is 6.09 Å². The van der Waals surface area contributed by atoms with Crippen LogP contribution in [0.1, 0.15) is 6.92 Å². The lowest BCUT2D eigenvalue weighted by molar-refractivity contribution is 0.0684. The van der Waals surface area contributed by atoms with E-state index in [1.54, 1.807) is 0 Å². The van der Waals surface area contributed by atoms with E-state index in [9.17, 15) is 18.0 Å². The van der Waals surface area contributed by atoms with E-state index in [4.69, 9.17) is 11.6 Å². The molecule has 2 unspecified atom stereocenters. The number of aromatic nitrogens is 2. The van der Waals surface area contributed by atoms with E-state index in [1.807, 2.05) is 0 Å². The number of halogens is 4. The Morgan fingerprint density at radius 3 is 2.89 bits per heavy atom. The standard InChI is InChI=1S/C10H9ClF3N3O2/c1-4(7(13)14)6-3-19-10(18)17(6)8-5(12)2-15-9(11)16-8/h2,4,6-7H,3H2,1H3. The van der Waals surface area contributed by atoms with Gasteiger partial charge in [-0.05, 0) is 11.6 Å². The molecule has 1 amide bonds. The van der Waals surface area contributed by atoms with Gasteiger partial charge in [-0.15, -0.1) is 0 Å². The van der Waals surface area contributed by atoms with Crippen LogP contribution in [0.3, 0.4) is 0 Å². The van der Waals surface area contributed by atoms with Crippen LogP contribution in [0.2, 0.25) is 5.28 Å². The molecule has 1 aliphatic rings. The number of anilines is 1.